The van der Waals surface area contributed by atoms with E-state index in [4.69, 9.17) is 20.9 Å². The second kappa shape index (κ2) is 7.79. The number of hydrogen-bond donors (Lipinski definition) is 2. The maximum absolute atomic E-state index is 6.02. The summed E-state index contributed by atoms with van der Waals surface area (Å²) >= 11 is 2.43. The average molecular weight is 407 g/mol. The van der Waals surface area contributed by atoms with Crippen LogP contribution in [0.2, 0.25) is 0 Å². The molecule has 0 atom stereocenters. The van der Waals surface area contributed by atoms with Crippen molar-refractivity contribution in [2.75, 3.05) is 26.1 Å². The molecule has 0 radical (unpaired) electrons. The number of hydrogen-bond acceptors (Lipinski definition) is 7. The van der Waals surface area contributed by atoms with Crippen LogP contribution in [0.1, 0.15) is 11.1 Å². The molecule has 0 saturated heterocycles. The van der Waals surface area contributed by atoms with Crippen LogP contribution in [-0.2, 0) is 17.8 Å². The zero-order chi connectivity index (χ0) is 17.8. The first kappa shape index (κ1) is 17.6. The molecule has 4 N–H and O–H groups in total. The number of fused-ring (bicyclic) bond motifs is 1. The number of ether oxygens (including phenoxy) is 2. The van der Waals surface area contributed by atoms with Gasteiger partial charge in [0, 0.05) is 0 Å². The molecule has 0 aliphatic rings. The summed E-state index contributed by atoms with van der Waals surface area (Å²) < 4.78 is 13.2. The summed E-state index contributed by atoms with van der Waals surface area (Å²) in [6.07, 6.45) is 0. The molecule has 3 rings (SSSR count). The van der Waals surface area contributed by atoms with Crippen LogP contribution >= 0.6 is 0 Å². The Morgan fingerprint density at radius 2 is 1.80 bits per heavy atom. The summed E-state index contributed by atoms with van der Waals surface area (Å²) in [6, 6.07) is 8.33. The van der Waals surface area contributed by atoms with E-state index < -0.39 is 0 Å². The molecule has 2 heterocycles. The fraction of sp³-hybridized carbons (Fsp3) is 0.312. The van der Waals surface area contributed by atoms with Gasteiger partial charge >= 0.3 is 153 Å². The second-order valence-electron chi connectivity index (χ2n) is 5.42. The van der Waals surface area contributed by atoms with Crippen LogP contribution in [-0.4, -0.2) is 55.9 Å². The number of anilines is 1. The summed E-state index contributed by atoms with van der Waals surface area (Å²) in [7, 11) is 1.61. The minimum absolute atomic E-state index is 0.217. The number of nitrogens with zero attached hydrogens (tertiary/aromatic N) is 4. The van der Waals surface area contributed by atoms with Crippen LogP contribution in [0.15, 0.2) is 24.3 Å². The van der Waals surface area contributed by atoms with E-state index in [0.717, 1.165) is 15.8 Å². The molecule has 1 aromatic carbocycles. The predicted octanol–water partition coefficient (Wildman–Crippen LogP) is -0.533. The van der Waals surface area contributed by atoms with Crippen molar-refractivity contribution in [3.8, 4) is 6.01 Å². The molecule has 3 aromatic rings. The van der Waals surface area contributed by atoms with E-state index in [9.17, 15) is 0 Å². The van der Waals surface area contributed by atoms with Crippen molar-refractivity contribution in [1.82, 2.24) is 19.5 Å². The van der Waals surface area contributed by atoms with Gasteiger partial charge in [-0.15, -0.1) is 0 Å². The van der Waals surface area contributed by atoms with Gasteiger partial charge in [0.25, 0.3) is 0 Å². The molecular formula is C16H20N6O2Se. The van der Waals surface area contributed by atoms with Gasteiger partial charge < -0.3 is 0 Å². The van der Waals surface area contributed by atoms with E-state index in [0.29, 0.717) is 43.3 Å². The summed E-state index contributed by atoms with van der Waals surface area (Å²) in [5.41, 5.74) is 15.1. The number of rotatable bonds is 7. The van der Waals surface area contributed by atoms with Crippen molar-refractivity contribution >= 4 is 37.7 Å². The minimum atomic E-state index is 0.217. The Kier molecular flexibility index (Phi) is 5.50. The van der Waals surface area contributed by atoms with Crippen LogP contribution in [0.5, 0.6) is 6.01 Å². The van der Waals surface area contributed by atoms with E-state index >= 15 is 0 Å². The molecule has 0 fully saturated rings. The van der Waals surface area contributed by atoms with Crippen molar-refractivity contribution in [2.24, 2.45) is 5.73 Å². The molecule has 2 aromatic heterocycles. The van der Waals surface area contributed by atoms with Crippen LogP contribution in [0, 0.1) is 0 Å². The third-order valence-electron chi connectivity index (χ3n) is 3.70. The van der Waals surface area contributed by atoms with Gasteiger partial charge in [-0.05, 0) is 0 Å². The normalized spacial score (nSPS) is 11.2. The van der Waals surface area contributed by atoms with Gasteiger partial charge in [0.1, 0.15) is 0 Å². The first-order valence-corrected chi connectivity index (χ1v) is 8.68. The number of benzene rings is 1. The molecule has 8 nitrogen and oxygen atoms in total. The van der Waals surface area contributed by atoms with Gasteiger partial charge in [-0.2, -0.15) is 0 Å². The van der Waals surface area contributed by atoms with Gasteiger partial charge in [-0.25, -0.2) is 0 Å². The van der Waals surface area contributed by atoms with Gasteiger partial charge in [0.2, 0.25) is 0 Å². The van der Waals surface area contributed by atoms with Gasteiger partial charge in [0.05, 0.1) is 0 Å². The Morgan fingerprint density at radius 3 is 2.48 bits per heavy atom. The molecule has 0 bridgehead atoms. The van der Waals surface area contributed by atoms with E-state index in [-0.39, 0.29) is 6.01 Å². The van der Waals surface area contributed by atoms with Crippen molar-refractivity contribution in [2.45, 2.75) is 13.1 Å². The standard InChI is InChI=1S/C16H20N6O2Se/c1-23-6-7-24-15-20-13(18)12-14(21-15)22(16(25)19-12)9-11-4-2-10(8-17)3-5-11/h2-5H,6-9,17H2,1H3,(H,19,25)(H2,18,20,21). The average Bonchev–Trinajstić information content (AvgIpc) is 2.93. The number of methoxy groups -OCH3 is 1. The summed E-state index contributed by atoms with van der Waals surface area (Å²) in [5.74, 6) is 0.293. The Morgan fingerprint density at radius 1 is 1.08 bits per heavy atom. The number of nitrogens with two attached hydrogens (primary N) is 2. The van der Waals surface area contributed by atoms with Crippen LogP contribution in [0.25, 0.3) is 11.2 Å². The molecule has 0 saturated carbocycles. The Labute approximate surface area is 153 Å². The number of imidazole rings is 1. The van der Waals surface area contributed by atoms with Gasteiger partial charge in [0.15, 0.2) is 0 Å². The maximum atomic E-state index is 6.02. The second-order valence-corrected chi connectivity index (χ2v) is 6.26. The zero-order valence-corrected chi connectivity index (χ0v) is 15.7. The summed E-state index contributed by atoms with van der Waals surface area (Å²) in [6.45, 7) is 1.94. The van der Waals surface area contributed by atoms with Crippen molar-refractivity contribution < 1.29 is 9.47 Å². The van der Waals surface area contributed by atoms with E-state index in [2.05, 4.69) is 31.0 Å². The van der Waals surface area contributed by atoms with Gasteiger partial charge in [-0.3, -0.25) is 0 Å². The van der Waals surface area contributed by atoms with Crippen molar-refractivity contribution in [3.05, 3.63) is 35.4 Å². The SMILES string of the molecule is COCCOc1nc(N)c2nc([SeH])n(Cc3ccc(CN)cc3)c2n1. The molecule has 132 valence electrons. The molecular weight excluding hydrogens is 387 g/mol. The molecule has 0 aliphatic heterocycles. The zero-order valence-electron chi connectivity index (χ0n) is 13.8. The number of aromatic nitrogens is 4. The molecule has 9 heteroatoms. The fourth-order valence-corrected chi connectivity index (χ4v) is 2.94. The Bertz CT molecular complexity index is 865. The van der Waals surface area contributed by atoms with Gasteiger partial charge in [-0.1, -0.05) is 0 Å². The number of nitrogen functional groups attached to an aromatic ring is 1. The van der Waals surface area contributed by atoms with Crippen LogP contribution < -0.4 is 20.9 Å². The molecule has 0 spiro atoms. The predicted molar refractivity (Wildman–Crippen MR) is 97.3 cm³/mol. The van der Waals surface area contributed by atoms with Crippen LogP contribution in [0.3, 0.4) is 0 Å². The fourth-order valence-electron chi connectivity index (χ4n) is 2.38. The monoisotopic (exact) mass is 408 g/mol. The quantitative estimate of drug-likeness (QED) is 0.400. The van der Waals surface area contributed by atoms with Crippen molar-refractivity contribution in [1.29, 1.82) is 0 Å². The van der Waals surface area contributed by atoms with E-state index in [1.165, 1.54) is 0 Å². The third kappa shape index (κ3) is 3.91. The molecule has 0 aliphatic carbocycles. The first-order chi connectivity index (χ1) is 12.1. The summed E-state index contributed by atoms with van der Waals surface area (Å²) in [5, 5.41) is 0. The van der Waals surface area contributed by atoms with E-state index in [1.807, 2.05) is 28.8 Å². The van der Waals surface area contributed by atoms with E-state index in [1.54, 1.807) is 7.11 Å². The van der Waals surface area contributed by atoms with Crippen molar-refractivity contribution in [3.63, 3.8) is 0 Å². The topological polar surface area (TPSA) is 114 Å². The molecule has 25 heavy (non-hydrogen) atoms. The molecule has 0 unspecified atom stereocenters. The third-order valence-corrected chi connectivity index (χ3v) is 4.42. The Balaban J connectivity index is 1.94. The Hall–Kier alpha value is -2.19. The van der Waals surface area contributed by atoms with Crippen LogP contribution in [0.4, 0.5) is 5.82 Å². The summed E-state index contributed by atoms with van der Waals surface area (Å²) in [4.78, 5) is 13.1. The molecule has 0 amide bonds. The first-order valence-electron chi connectivity index (χ1n) is 7.74.